The lowest BCUT2D eigenvalue weighted by atomic mass is 9.89. The molecule has 1 unspecified atom stereocenters. The van der Waals surface area contributed by atoms with Gasteiger partial charge in [-0.2, -0.15) is 0 Å². The van der Waals surface area contributed by atoms with Gasteiger partial charge < -0.3 is 9.13 Å². The summed E-state index contributed by atoms with van der Waals surface area (Å²) >= 11 is 0. The molecule has 0 spiro atoms. The summed E-state index contributed by atoms with van der Waals surface area (Å²) in [6.07, 6.45) is 0. The molecule has 12 aromatic rings. The Balaban J connectivity index is 1.04. The quantitative estimate of drug-likeness (QED) is 0.165. The van der Waals surface area contributed by atoms with Gasteiger partial charge in [0, 0.05) is 38.5 Å². The van der Waals surface area contributed by atoms with Crippen LogP contribution in [0.1, 0.15) is 22.6 Å². The number of hydrogen-bond donors (Lipinski definition) is 0. The summed E-state index contributed by atoms with van der Waals surface area (Å²) in [6.45, 7) is 0. The molecule has 10 aromatic carbocycles. The van der Waals surface area contributed by atoms with Crippen LogP contribution in [-0.4, -0.2) is 9.13 Å². The Morgan fingerprint density at radius 1 is 0.295 bits per heavy atom. The van der Waals surface area contributed by atoms with Gasteiger partial charge in [-0.1, -0.05) is 164 Å². The number of aromatic nitrogens is 2. The molecule has 0 saturated heterocycles. The summed E-state index contributed by atoms with van der Waals surface area (Å²) in [4.78, 5) is 0. The van der Waals surface area contributed by atoms with Crippen molar-refractivity contribution in [1.29, 1.82) is 0 Å². The van der Waals surface area contributed by atoms with E-state index in [9.17, 15) is 0 Å². The molecule has 0 radical (unpaired) electrons. The zero-order valence-electron chi connectivity index (χ0n) is 33.3. The molecular weight excluding hydrogens is 737 g/mol. The molecule has 0 saturated carbocycles. The van der Waals surface area contributed by atoms with E-state index in [0.29, 0.717) is 0 Å². The Morgan fingerprint density at radius 2 is 0.885 bits per heavy atom. The standard InChI is InChI=1S/C59H38N2/c1-3-15-38(16-4-1)41-21-13-22-44(33-41)60-55-27-12-11-25-47(55)50-34-42(29-31-56(50)60)43-30-32-57-51(35-43)52-36-49-46-24-9-10-26-48(46)59(40-18-5-2-6-19-40)53(49)37-58(52)61(57)54-28-14-20-39-17-7-8-23-45(39)54/h1-37,59H. The topological polar surface area (TPSA) is 9.86 Å². The summed E-state index contributed by atoms with van der Waals surface area (Å²) in [6, 6.07) is 83.0. The smallest absolute Gasteiger partial charge is 0.0544 e. The van der Waals surface area contributed by atoms with Crippen LogP contribution in [-0.2, 0) is 0 Å². The summed E-state index contributed by atoms with van der Waals surface area (Å²) in [7, 11) is 0. The molecular formula is C59H38N2. The van der Waals surface area contributed by atoms with Crippen molar-refractivity contribution in [3.63, 3.8) is 0 Å². The number of fused-ring (bicyclic) bond motifs is 10. The van der Waals surface area contributed by atoms with E-state index in [1.54, 1.807) is 0 Å². The second-order valence-corrected chi connectivity index (χ2v) is 16.5. The summed E-state index contributed by atoms with van der Waals surface area (Å²) in [5, 5.41) is 7.50. The fourth-order valence-electron chi connectivity index (χ4n) is 10.4. The largest absolute Gasteiger partial charge is 0.309 e. The zero-order chi connectivity index (χ0) is 40.0. The lowest BCUT2D eigenvalue weighted by molar-refractivity contribution is 1.01. The predicted octanol–water partition coefficient (Wildman–Crippen LogP) is 15.5. The maximum Gasteiger partial charge on any atom is 0.0544 e. The van der Waals surface area contributed by atoms with Crippen molar-refractivity contribution in [2.24, 2.45) is 0 Å². The van der Waals surface area contributed by atoms with E-state index < -0.39 is 0 Å². The zero-order valence-corrected chi connectivity index (χ0v) is 33.3. The van der Waals surface area contributed by atoms with Crippen LogP contribution in [0.15, 0.2) is 224 Å². The van der Waals surface area contributed by atoms with Gasteiger partial charge in [0.25, 0.3) is 0 Å². The van der Waals surface area contributed by atoms with Crippen LogP contribution < -0.4 is 0 Å². The molecule has 0 amide bonds. The van der Waals surface area contributed by atoms with Gasteiger partial charge in [-0.25, -0.2) is 0 Å². The summed E-state index contributed by atoms with van der Waals surface area (Å²) < 4.78 is 4.94. The molecule has 0 aliphatic heterocycles. The second kappa shape index (κ2) is 13.3. The summed E-state index contributed by atoms with van der Waals surface area (Å²) in [5.74, 6) is 0.168. The number of hydrogen-bond acceptors (Lipinski definition) is 0. The Bertz CT molecular complexity index is 3690. The van der Waals surface area contributed by atoms with Crippen molar-refractivity contribution in [2.45, 2.75) is 5.92 Å². The van der Waals surface area contributed by atoms with Crippen molar-refractivity contribution in [3.05, 3.63) is 241 Å². The number of para-hydroxylation sites is 1. The van der Waals surface area contributed by atoms with E-state index in [1.165, 1.54) is 110 Å². The molecule has 0 bridgehead atoms. The molecule has 2 nitrogen and oxygen atoms in total. The number of benzene rings is 10. The normalized spacial score (nSPS) is 13.4. The molecule has 13 rings (SSSR count). The van der Waals surface area contributed by atoms with Crippen LogP contribution in [0.25, 0.3) is 99.1 Å². The van der Waals surface area contributed by atoms with Gasteiger partial charge in [-0.15, -0.1) is 0 Å². The van der Waals surface area contributed by atoms with Crippen molar-refractivity contribution in [1.82, 2.24) is 9.13 Å². The predicted molar refractivity (Wildman–Crippen MR) is 256 cm³/mol. The maximum atomic E-state index is 2.52. The molecule has 2 heterocycles. The third kappa shape index (κ3) is 5.16. The third-order valence-corrected chi connectivity index (χ3v) is 13.2. The fraction of sp³-hybridized carbons (Fsp3) is 0.0169. The maximum absolute atomic E-state index is 2.52. The molecule has 2 heteroatoms. The highest BCUT2D eigenvalue weighted by Crippen LogP contribution is 2.51. The minimum absolute atomic E-state index is 0.168. The lowest BCUT2D eigenvalue weighted by Gasteiger charge is -2.16. The Hall–Kier alpha value is -7.94. The Kier molecular flexibility index (Phi) is 7.40. The minimum atomic E-state index is 0.168. The Labute approximate surface area is 353 Å². The van der Waals surface area contributed by atoms with Gasteiger partial charge in [-0.3, -0.25) is 0 Å². The highest BCUT2D eigenvalue weighted by molar-refractivity contribution is 6.15. The van der Waals surface area contributed by atoms with E-state index >= 15 is 0 Å². The monoisotopic (exact) mass is 774 g/mol. The second-order valence-electron chi connectivity index (χ2n) is 16.5. The highest BCUT2D eigenvalue weighted by atomic mass is 15.0. The van der Waals surface area contributed by atoms with E-state index in [2.05, 4.69) is 234 Å². The van der Waals surface area contributed by atoms with Gasteiger partial charge in [0.2, 0.25) is 0 Å². The molecule has 1 aliphatic carbocycles. The fourth-order valence-corrected chi connectivity index (χ4v) is 10.4. The SMILES string of the molecule is c1ccc(-c2cccc(-n3c4ccccc4c4cc(-c5ccc6c(c5)c5cc7c(cc5n6-c5cccc6ccccc56)C(c5ccccc5)c5ccccc5-7)ccc43)c2)cc1. The lowest BCUT2D eigenvalue weighted by Crippen LogP contribution is -2.00. The van der Waals surface area contributed by atoms with Crippen LogP contribution in [0.3, 0.4) is 0 Å². The van der Waals surface area contributed by atoms with E-state index in [0.717, 1.165) is 5.69 Å². The van der Waals surface area contributed by atoms with Crippen molar-refractivity contribution >= 4 is 54.4 Å². The van der Waals surface area contributed by atoms with Crippen LogP contribution in [0.5, 0.6) is 0 Å². The first-order valence-corrected chi connectivity index (χ1v) is 21.2. The molecule has 61 heavy (non-hydrogen) atoms. The van der Waals surface area contributed by atoms with Crippen molar-refractivity contribution in [2.75, 3.05) is 0 Å². The third-order valence-electron chi connectivity index (χ3n) is 13.2. The minimum Gasteiger partial charge on any atom is -0.309 e. The van der Waals surface area contributed by atoms with Crippen LogP contribution in [0.2, 0.25) is 0 Å². The highest BCUT2D eigenvalue weighted by Gasteiger charge is 2.31. The van der Waals surface area contributed by atoms with E-state index in [4.69, 9.17) is 0 Å². The van der Waals surface area contributed by atoms with Gasteiger partial charge in [0.1, 0.15) is 0 Å². The molecule has 0 N–H and O–H groups in total. The molecule has 1 aliphatic rings. The van der Waals surface area contributed by atoms with Crippen LogP contribution >= 0.6 is 0 Å². The first-order chi connectivity index (χ1) is 30.3. The van der Waals surface area contributed by atoms with Gasteiger partial charge >= 0.3 is 0 Å². The average Bonchev–Trinajstić information content (AvgIpc) is 3.96. The van der Waals surface area contributed by atoms with Gasteiger partial charge in [0.05, 0.1) is 27.8 Å². The molecule has 284 valence electrons. The first kappa shape index (κ1) is 34.0. The van der Waals surface area contributed by atoms with E-state index in [1.807, 2.05) is 0 Å². The van der Waals surface area contributed by atoms with Crippen LogP contribution in [0.4, 0.5) is 0 Å². The average molecular weight is 775 g/mol. The van der Waals surface area contributed by atoms with Crippen LogP contribution in [0, 0.1) is 0 Å². The first-order valence-electron chi connectivity index (χ1n) is 21.2. The Morgan fingerprint density at radius 3 is 1.72 bits per heavy atom. The van der Waals surface area contributed by atoms with Crippen molar-refractivity contribution in [3.8, 4) is 44.8 Å². The van der Waals surface area contributed by atoms with Crippen molar-refractivity contribution < 1.29 is 0 Å². The number of rotatable bonds is 5. The summed E-state index contributed by atoms with van der Waals surface area (Å²) in [5.41, 5.74) is 18.7. The van der Waals surface area contributed by atoms with Gasteiger partial charge in [-0.05, 0) is 116 Å². The number of nitrogens with zero attached hydrogens (tertiary/aromatic N) is 2. The van der Waals surface area contributed by atoms with Gasteiger partial charge in [0.15, 0.2) is 0 Å². The molecule has 1 atom stereocenters. The van der Waals surface area contributed by atoms with E-state index in [-0.39, 0.29) is 5.92 Å². The molecule has 0 fully saturated rings. The molecule has 2 aromatic heterocycles.